The second-order valence-corrected chi connectivity index (χ2v) is 7.30. The fourth-order valence-corrected chi connectivity index (χ4v) is 3.10. The van der Waals surface area contributed by atoms with E-state index in [4.69, 9.17) is 9.15 Å². The monoisotopic (exact) mass is 331 g/mol. The van der Waals surface area contributed by atoms with E-state index in [-0.39, 0.29) is 6.09 Å². The van der Waals surface area contributed by atoms with E-state index < -0.39 is 5.60 Å². The van der Waals surface area contributed by atoms with E-state index >= 15 is 0 Å². The maximum atomic E-state index is 11.8. The van der Waals surface area contributed by atoms with Gasteiger partial charge in [0.25, 0.3) is 0 Å². The zero-order valence-corrected chi connectivity index (χ0v) is 14.5. The molecule has 24 heavy (non-hydrogen) atoms. The number of hydrogen-bond acceptors (Lipinski definition) is 5. The second kappa shape index (κ2) is 6.71. The van der Waals surface area contributed by atoms with Crippen molar-refractivity contribution < 1.29 is 13.9 Å². The minimum atomic E-state index is -0.469. The first-order chi connectivity index (χ1) is 11.4. The maximum Gasteiger partial charge on any atom is 0.407 e. The minimum absolute atomic E-state index is 0.352. The van der Waals surface area contributed by atoms with E-state index in [0.717, 1.165) is 42.7 Å². The number of piperidine rings is 1. The molecule has 0 saturated carbocycles. The zero-order chi connectivity index (χ0) is 17.2. The predicted octanol–water partition coefficient (Wildman–Crippen LogP) is 3.57. The molecule has 1 aliphatic rings. The first-order valence-corrected chi connectivity index (χ1v) is 8.46. The smallest absolute Gasteiger partial charge is 0.407 e. The summed E-state index contributed by atoms with van der Waals surface area (Å²) in [5.41, 5.74) is 0.387. The molecule has 130 valence electrons. The zero-order valence-electron chi connectivity index (χ0n) is 14.5. The Balaban J connectivity index is 1.61. The number of fused-ring (bicyclic) bond motifs is 1. The third kappa shape index (κ3) is 3.99. The van der Waals surface area contributed by atoms with Gasteiger partial charge in [-0.2, -0.15) is 0 Å². The van der Waals surface area contributed by atoms with Gasteiger partial charge in [-0.1, -0.05) is 0 Å². The second-order valence-electron chi connectivity index (χ2n) is 7.30. The first-order valence-electron chi connectivity index (χ1n) is 8.46. The fourth-order valence-electron chi connectivity index (χ4n) is 3.10. The van der Waals surface area contributed by atoms with Gasteiger partial charge in [-0.05, 0) is 51.7 Å². The van der Waals surface area contributed by atoms with Crippen LogP contribution < -0.4 is 10.2 Å². The molecular formula is C18H25N3O3. The molecule has 0 aliphatic carbocycles. The minimum Gasteiger partial charge on any atom is -0.464 e. The van der Waals surface area contributed by atoms with E-state index in [1.807, 2.05) is 32.9 Å². The highest BCUT2D eigenvalue weighted by atomic mass is 16.6. The van der Waals surface area contributed by atoms with Crippen LogP contribution in [0.15, 0.2) is 29.0 Å². The molecule has 2 aromatic heterocycles. The molecule has 0 aromatic carbocycles. The van der Waals surface area contributed by atoms with Gasteiger partial charge in [0, 0.05) is 25.8 Å². The first kappa shape index (κ1) is 16.6. The van der Waals surface area contributed by atoms with Gasteiger partial charge in [0.05, 0.1) is 11.6 Å². The fraction of sp³-hybridized carbons (Fsp3) is 0.556. The SMILES string of the molecule is CC(C)(C)OC(=O)NC[C@@H]1CCCN(c2nccc3occc23)C1. The van der Waals surface area contributed by atoms with Crippen molar-refractivity contribution in [1.82, 2.24) is 10.3 Å². The lowest BCUT2D eigenvalue weighted by Crippen LogP contribution is -2.42. The number of alkyl carbamates (subject to hydrolysis) is 1. The molecule has 6 heteroatoms. The molecule has 1 saturated heterocycles. The molecule has 0 spiro atoms. The van der Waals surface area contributed by atoms with Crippen molar-refractivity contribution in [3.05, 3.63) is 24.6 Å². The van der Waals surface area contributed by atoms with Gasteiger partial charge in [-0.15, -0.1) is 0 Å². The van der Waals surface area contributed by atoms with Crippen LogP contribution in [0.5, 0.6) is 0 Å². The van der Waals surface area contributed by atoms with Crippen LogP contribution in [-0.2, 0) is 4.74 Å². The van der Waals surface area contributed by atoms with Crippen LogP contribution in [0.1, 0.15) is 33.6 Å². The van der Waals surface area contributed by atoms with Gasteiger partial charge in [-0.3, -0.25) is 0 Å². The van der Waals surface area contributed by atoms with Crippen molar-refractivity contribution in [2.24, 2.45) is 5.92 Å². The molecule has 1 amide bonds. The summed E-state index contributed by atoms with van der Waals surface area (Å²) in [6, 6.07) is 3.84. The van der Waals surface area contributed by atoms with Crippen LogP contribution in [0, 0.1) is 5.92 Å². The Bertz CT molecular complexity index is 705. The summed E-state index contributed by atoms with van der Waals surface area (Å²) in [6.45, 7) is 8.06. The number of rotatable bonds is 3. The number of carbonyl (C=O) groups is 1. The average molecular weight is 331 g/mol. The number of ether oxygens (including phenoxy) is 1. The number of nitrogens with zero attached hydrogens (tertiary/aromatic N) is 2. The van der Waals surface area contributed by atoms with Gasteiger partial charge in [0.2, 0.25) is 0 Å². The number of aromatic nitrogens is 1. The Kier molecular flexibility index (Phi) is 4.64. The van der Waals surface area contributed by atoms with Crippen LogP contribution in [0.25, 0.3) is 11.0 Å². The maximum absolute atomic E-state index is 11.8. The summed E-state index contributed by atoms with van der Waals surface area (Å²) < 4.78 is 10.8. The van der Waals surface area contributed by atoms with E-state index in [2.05, 4.69) is 15.2 Å². The van der Waals surface area contributed by atoms with Crippen LogP contribution >= 0.6 is 0 Å². The van der Waals surface area contributed by atoms with E-state index in [9.17, 15) is 4.79 Å². The molecule has 1 atom stereocenters. The quantitative estimate of drug-likeness (QED) is 0.931. The molecule has 1 fully saturated rings. The van der Waals surface area contributed by atoms with Gasteiger partial charge in [-0.25, -0.2) is 9.78 Å². The van der Waals surface area contributed by atoms with Gasteiger partial charge in [0.1, 0.15) is 17.0 Å². The molecule has 6 nitrogen and oxygen atoms in total. The molecule has 0 radical (unpaired) electrons. The predicted molar refractivity (Wildman–Crippen MR) is 93.2 cm³/mol. The van der Waals surface area contributed by atoms with Gasteiger partial charge in [0.15, 0.2) is 0 Å². The highest BCUT2D eigenvalue weighted by Crippen LogP contribution is 2.28. The summed E-state index contributed by atoms with van der Waals surface area (Å²) in [6.07, 6.45) is 5.30. The summed E-state index contributed by atoms with van der Waals surface area (Å²) in [5, 5.41) is 3.93. The Morgan fingerprint density at radius 3 is 3.08 bits per heavy atom. The average Bonchev–Trinajstić information content (AvgIpc) is 3.00. The molecular weight excluding hydrogens is 306 g/mol. The van der Waals surface area contributed by atoms with Crippen molar-refractivity contribution >= 4 is 22.9 Å². The van der Waals surface area contributed by atoms with Crippen LogP contribution in [0.3, 0.4) is 0 Å². The largest absolute Gasteiger partial charge is 0.464 e. The summed E-state index contributed by atoms with van der Waals surface area (Å²) in [7, 11) is 0. The van der Waals surface area contributed by atoms with Gasteiger partial charge < -0.3 is 19.4 Å². The molecule has 3 heterocycles. The van der Waals surface area contributed by atoms with Crippen molar-refractivity contribution in [2.75, 3.05) is 24.5 Å². The number of carbonyl (C=O) groups excluding carboxylic acids is 1. The number of hydrogen-bond donors (Lipinski definition) is 1. The van der Waals surface area contributed by atoms with Crippen molar-refractivity contribution in [2.45, 2.75) is 39.2 Å². The van der Waals surface area contributed by atoms with E-state index in [1.54, 1.807) is 12.5 Å². The lowest BCUT2D eigenvalue weighted by Gasteiger charge is -2.34. The van der Waals surface area contributed by atoms with Gasteiger partial charge >= 0.3 is 6.09 Å². The Morgan fingerprint density at radius 2 is 2.29 bits per heavy atom. The number of amides is 1. The Morgan fingerprint density at radius 1 is 1.46 bits per heavy atom. The van der Waals surface area contributed by atoms with Crippen LogP contribution in [0.4, 0.5) is 10.6 Å². The highest BCUT2D eigenvalue weighted by Gasteiger charge is 2.24. The molecule has 2 aromatic rings. The topological polar surface area (TPSA) is 67.6 Å². The molecule has 3 rings (SSSR count). The molecule has 1 N–H and O–H groups in total. The highest BCUT2D eigenvalue weighted by molar-refractivity contribution is 5.88. The number of pyridine rings is 1. The number of anilines is 1. The third-order valence-corrected chi connectivity index (χ3v) is 4.11. The Labute approximate surface area is 142 Å². The number of nitrogens with one attached hydrogen (secondary N) is 1. The van der Waals surface area contributed by atoms with E-state index in [0.29, 0.717) is 12.5 Å². The van der Waals surface area contributed by atoms with Crippen LogP contribution in [-0.4, -0.2) is 36.3 Å². The molecule has 0 unspecified atom stereocenters. The summed E-state index contributed by atoms with van der Waals surface area (Å²) >= 11 is 0. The molecule has 0 bridgehead atoms. The normalized spacial score (nSPS) is 18.6. The standard InChI is InChI=1S/C18H25N3O3/c1-18(2,3)24-17(22)20-11-13-5-4-9-21(12-13)16-14-7-10-23-15(14)6-8-19-16/h6-8,10,13H,4-5,9,11-12H2,1-3H3,(H,20,22)/t13-/m0/s1. The van der Waals surface area contributed by atoms with E-state index in [1.165, 1.54) is 0 Å². The Hall–Kier alpha value is -2.24. The lowest BCUT2D eigenvalue weighted by molar-refractivity contribution is 0.0517. The van der Waals surface area contributed by atoms with Crippen LogP contribution in [0.2, 0.25) is 0 Å². The van der Waals surface area contributed by atoms with Crippen molar-refractivity contribution in [1.29, 1.82) is 0 Å². The summed E-state index contributed by atoms with van der Waals surface area (Å²) in [4.78, 5) is 18.6. The van der Waals surface area contributed by atoms with Crippen molar-refractivity contribution in [3.8, 4) is 0 Å². The summed E-state index contributed by atoms with van der Waals surface area (Å²) in [5.74, 6) is 1.35. The third-order valence-electron chi connectivity index (χ3n) is 4.11. The van der Waals surface area contributed by atoms with Crippen molar-refractivity contribution in [3.63, 3.8) is 0 Å². The number of furan rings is 1. The molecule has 1 aliphatic heterocycles. The lowest BCUT2D eigenvalue weighted by atomic mass is 9.98.